The van der Waals surface area contributed by atoms with Crippen LogP contribution in [0.4, 0.5) is 4.39 Å². The van der Waals surface area contributed by atoms with Gasteiger partial charge in [-0.3, -0.25) is 0 Å². The smallest absolute Gasteiger partial charge is 0.128 e. The van der Waals surface area contributed by atoms with Crippen molar-refractivity contribution in [3.05, 3.63) is 29.6 Å². The Kier molecular flexibility index (Phi) is 5.22. The molecule has 2 N–H and O–H groups in total. The summed E-state index contributed by atoms with van der Waals surface area (Å²) < 4.78 is 18.8. The predicted molar refractivity (Wildman–Crippen MR) is 69.1 cm³/mol. The van der Waals surface area contributed by atoms with E-state index >= 15 is 0 Å². The van der Waals surface area contributed by atoms with Crippen molar-refractivity contribution in [1.29, 1.82) is 0 Å². The molecular formula is C13H19ClFNO. The number of rotatable bonds is 3. The van der Waals surface area contributed by atoms with Crippen molar-refractivity contribution in [2.24, 2.45) is 11.7 Å². The van der Waals surface area contributed by atoms with Crippen LogP contribution in [-0.4, -0.2) is 7.11 Å². The molecule has 0 amide bonds. The minimum absolute atomic E-state index is 0. The van der Waals surface area contributed by atoms with Crippen molar-refractivity contribution in [3.8, 4) is 5.75 Å². The molecule has 0 aliphatic heterocycles. The molecule has 0 aromatic heterocycles. The van der Waals surface area contributed by atoms with E-state index in [0.29, 0.717) is 17.2 Å². The summed E-state index contributed by atoms with van der Waals surface area (Å²) >= 11 is 0. The molecule has 1 aliphatic rings. The van der Waals surface area contributed by atoms with Gasteiger partial charge in [-0.1, -0.05) is 12.8 Å². The van der Waals surface area contributed by atoms with Crippen LogP contribution in [0.15, 0.2) is 18.2 Å². The van der Waals surface area contributed by atoms with E-state index in [9.17, 15) is 4.39 Å². The molecular weight excluding hydrogens is 241 g/mol. The van der Waals surface area contributed by atoms with E-state index in [1.165, 1.54) is 18.9 Å². The molecule has 2 nitrogen and oxygen atoms in total. The van der Waals surface area contributed by atoms with Gasteiger partial charge in [0, 0.05) is 11.6 Å². The summed E-state index contributed by atoms with van der Waals surface area (Å²) in [5.41, 5.74) is 6.72. The van der Waals surface area contributed by atoms with Crippen LogP contribution in [0.3, 0.4) is 0 Å². The molecule has 0 saturated heterocycles. The molecule has 1 aromatic rings. The highest BCUT2D eigenvalue weighted by Crippen LogP contribution is 2.35. The van der Waals surface area contributed by atoms with Gasteiger partial charge in [0.05, 0.1) is 7.11 Å². The summed E-state index contributed by atoms with van der Waals surface area (Å²) in [5.74, 6) is 0.867. The molecule has 1 fully saturated rings. The third-order valence-electron chi connectivity index (χ3n) is 3.47. The van der Waals surface area contributed by atoms with Gasteiger partial charge in [0.25, 0.3) is 0 Å². The minimum Gasteiger partial charge on any atom is -0.497 e. The van der Waals surface area contributed by atoms with Gasteiger partial charge in [-0.15, -0.1) is 12.4 Å². The van der Waals surface area contributed by atoms with Gasteiger partial charge >= 0.3 is 0 Å². The minimum atomic E-state index is -0.222. The SMILES string of the molecule is COc1ccc(F)c([C@@H](N)C2CCCC2)c1.Cl. The van der Waals surface area contributed by atoms with E-state index < -0.39 is 0 Å². The number of benzene rings is 1. The summed E-state index contributed by atoms with van der Waals surface area (Å²) in [6.45, 7) is 0. The molecule has 1 aromatic carbocycles. The molecule has 0 unspecified atom stereocenters. The Balaban J connectivity index is 0.00000144. The summed E-state index contributed by atoms with van der Waals surface area (Å²) in [5, 5.41) is 0. The predicted octanol–water partition coefficient (Wildman–Crippen LogP) is 3.45. The van der Waals surface area contributed by atoms with Crippen LogP contribution < -0.4 is 10.5 Å². The number of hydrogen-bond donors (Lipinski definition) is 1. The molecule has 2 rings (SSSR count). The zero-order chi connectivity index (χ0) is 11.5. The molecule has 1 saturated carbocycles. The number of hydrogen-bond acceptors (Lipinski definition) is 2. The molecule has 0 spiro atoms. The Morgan fingerprint density at radius 1 is 1.35 bits per heavy atom. The summed E-state index contributed by atoms with van der Waals surface area (Å²) in [4.78, 5) is 0. The fourth-order valence-corrected chi connectivity index (χ4v) is 2.47. The van der Waals surface area contributed by atoms with E-state index in [1.807, 2.05) is 0 Å². The van der Waals surface area contributed by atoms with Gasteiger partial charge in [-0.2, -0.15) is 0 Å². The van der Waals surface area contributed by atoms with E-state index in [2.05, 4.69) is 0 Å². The molecule has 0 bridgehead atoms. The van der Waals surface area contributed by atoms with Crippen molar-refractivity contribution in [2.45, 2.75) is 31.7 Å². The second-order valence-electron chi connectivity index (χ2n) is 4.46. The largest absolute Gasteiger partial charge is 0.497 e. The van der Waals surface area contributed by atoms with Crippen molar-refractivity contribution in [2.75, 3.05) is 7.11 Å². The van der Waals surface area contributed by atoms with Crippen molar-refractivity contribution < 1.29 is 9.13 Å². The Labute approximate surface area is 108 Å². The molecule has 17 heavy (non-hydrogen) atoms. The summed E-state index contributed by atoms with van der Waals surface area (Å²) in [7, 11) is 1.58. The number of nitrogens with two attached hydrogens (primary N) is 1. The average molecular weight is 260 g/mol. The molecule has 1 atom stereocenters. The monoisotopic (exact) mass is 259 g/mol. The number of methoxy groups -OCH3 is 1. The van der Waals surface area contributed by atoms with E-state index in [-0.39, 0.29) is 24.3 Å². The maximum absolute atomic E-state index is 13.7. The van der Waals surface area contributed by atoms with Gasteiger partial charge < -0.3 is 10.5 Å². The van der Waals surface area contributed by atoms with E-state index in [0.717, 1.165) is 12.8 Å². The van der Waals surface area contributed by atoms with Crippen LogP contribution in [-0.2, 0) is 0 Å². The number of halogens is 2. The lowest BCUT2D eigenvalue weighted by Gasteiger charge is -2.20. The highest BCUT2D eigenvalue weighted by atomic mass is 35.5. The highest BCUT2D eigenvalue weighted by molar-refractivity contribution is 5.85. The molecule has 0 heterocycles. The maximum atomic E-state index is 13.7. The van der Waals surface area contributed by atoms with E-state index in [4.69, 9.17) is 10.5 Å². The topological polar surface area (TPSA) is 35.2 Å². The van der Waals surface area contributed by atoms with Gasteiger partial charge in [-0.05, 0) is 37.0 Å². The van der Waals surface area contributed by atoms with E-state index in [1.54, 1.807) is 19.2 Å². The van der Waals surface area contributed by atoms with Crippen molar-refractivity contribution in [3.63, 3.8) is 0 Å². The van der Waals surface area contributed by atoms with Crippen LogP contribution in [0.2, 0.25) is 0 Å². The lowest BCUT2D eigenvalue weighted by molar-refractivity contribution is 0.402. The summed E-state index contributed by atoms with van der Waals surface area (Å²) in [6, 6.07) is 4.58. The molecule has 4 heteroatoms. The molecule has 1 aliphatic carbocycles. The second-order valence-corrected chi connectivity index (χ2v) is 4.46. The first-order valence-corrected chi connectivity index (χ1v) is 5.81. The van der Waals surface area contributed by atoms with Crippen LogP contribution in [0, 0.1) is 11.7 Å². The van der Waals surface area contributed by atoms with Crippen molar-refractivity contribution in [1.82, 2.24) is 0 Å². The lowest BCUT2D eigenvalue weighted by Crippen LogP contribution is -2.20. The molecule has 0 radical (unpaired) electrons. The first-order chi connectivity index (χ1) is 7.72. The quantitative estimate of drug-likeness (QED) is 0.902. The molecule has 96 valence electrons. The highest BCUT2D eigenvalue weighted by Gasteiger charge is 2.25. The van der Waals surface area contributed by atoms with Gasteiger partial charge in [-0.25, -0.2) is 4.39 Å². The first kappa shape index (κ1) is 14.3. The normalized spacial score (nSPS) is 17.6. The fourth-order valence-electron chi connectivity index (χ4n) is 2.47. The van der Waals surface area contributed by atoms with Crippen LogP contribution in [0.5, 0.6) is 5.75 Å². The number of ether oxygens (including phenoxy) is 1. The third kappa shape index (κ3) is 3.11. The zero-order valence-electron chi connectivity index (χ0n) is 9.99. The van der Waals surface area contributed by atoms with Crippen LogP contribution >= 0.6 is 12.4 Å². The zero-order valence-corrected chi connectivity index (χ0v) is 10.8. The van der Waals surface area contributed by atoms with Crippen LogP contribution in [0.1, 0.15) is 37.3 Å². The Morgan fingerprint density at radius 3 is 2.59 bits per heavy atom. The van der Waals surface area contributed by atoms with Gasteiger partial charge in [0.1, 0.15) is 11.6 Å². The lowest BCUT2D eigenvalue weighted by atomic mass is 9.92. The van der Waals surface area contributed by atoms with Gasteiger partial charge in [0.15, 0.2) is 0 Å². The third-order valence-corrected chi connectivity index (χ3v) is 3.47. The Hall–Kier alpha value is -0.800. The van der Waals surface area contributed by atoms with Gasteiger partial charge in [0.2, 0.25) is 0 Å². The Bertz CT molecular complexity index is 366. The first-order valence-electron chi connectivity index (χ1n) is 5.81. The van der Waals surface area contributed by atoms with Crippen LogP contribution in [0.25, 0.3) is 0 Å². The second kappa shape index (κ2) is 6.22. The fraction of sp³-hybridized carbons (Fsp3) is 0.538. The maximum Gasteiger partial charge on any atom is 0.128 e. The Morgan fingerprint density at radius 2 is 2.00 bits per heavy atom. The van der Waals surface area contributed by atoms with Crippen molar-refractivity contribution >= 4 is 12.4 Å². The summed E-state index contributed by atoms with van der Waals surface area (Å²) in [6.07, 6.45) is 4.64. The standard InChI is InChI=1S/C13H18FNO.ClH/c1-16-10-6-7-12(14)11(8-10)13(15)9-4-2-3-5-9;/h6-9,13H,2-5,15H2,1H3;1H/t13-;/m0./s1. The average Bonchev–Trinajstić information content (AvgIpc) is 2.82.